The Labute approximate surface area is 107 Å². The normalized spacial score (nSPS) is 31.2. The zero-order valence-corrected chi connectivity index (χ0v) is 11.6. The van der Waals surface area contributed by atoms with Crippen LogP contribution in [0.25, 0.3) is 0 Å². The van der Waals surface area contributed by atoms with Crippen molar-refractivity contribution in [3.05, 3.63) is 0 Å². The van der Waals surface area contributed by atoms with Gasteiger partial charge < -0.3 is 15.1 Å². The molecule has 17 heavy (non-hydrogen) atoms. The summed E-state index contributed by atoms with van der Waals surface area (Å²) in [5, 5.41) is 3.51. The van der Waals surface area contributed by atoms with Gasteiger partial charge in [-0.15, -0.1) is 0 Å². The highest BCUT2D eigenvalue weighted by atomic mass is 15.1. The molecule has 0 saturated carbocycles. The Bertz CT molecular complexity index is 214. The van der Waals surface area contributed by atoms with Gasteiger partial charge in [-0.05, 0) is 77.8 Å². The van der Waals surface area contributed by atoms with Gasteiger partial charge in [-0.25, -0.2) is 0 Å². The van der Waals surface area contributed by atoms with E-state index in [1.54, 1.807) is 0 Å². The predicted octanol–water partition coefficient (Wildman–Crippen LogP) is 1.26. The fourth-order valence-corrected chi connectivity index (χ4v) is 3.28. The molecule has 1 N–H and O–H groups in total. The number of rotatable bonds is 5. The Kier molecular flexibility index (Phi) is 5.26. The van der Waals surface area contributed by atoms with E-state index >= 15 is 0 Å². The van der Waals surface area contributed by atoms with Crippen molar-refractivity contribution in [2.75, 3.05) is 53.4 Å². The van der Waals surface area contributed by atoms with Crippen molar-refractivity contribution in [3.63, 3.8) is 0 Å². The third-order valence-corrected chi connectivity index (χ3v) is 4.38. The van der Waals surface area contributed by atoms with E-state index in [4.69, 9.17) is 0 Å². The molecule has 0 aliphatic carbocycles. The molecule has 0 amide bonds. The van der Waals surface area contributed by atoms with Gasteiger partial charge in [0.2, 0.25) is 0 Å². The first kappa shape index (κ1) is 13.3. The molecule has 100 valence electrons. The van der Waals surface area contributed by atoms with Crippen LogP contribution in [0.15, 0.2) is 0 Å². The maximum absolute atomic E-state index is 3.51. The third-order valence-electron chi connectivity index (χ3n) is 4.38. The second-order valence-corrected chi connectivity index (χ2v) is 6.18. The molecule has 0 bridgehead atoms. The highest BCUT2D eigenvalue weighted by Crippen LogP contribution is 2.18. The summed E-state index contributed by atoms with van der Waals surface area (Å²) in [6.45, 7) is 7.66. The first-order chi connectivity index (χ1) is 8.24. The topological polar surface area (TPSA) is 18.5 Å². The Hall–Kier alpha value is -0.120. The van der Waals surface area contributed by atoms with Crippen LogP contribution in [0, 0.1) is 11.8 Å². The van der Waals surface area contributed by atoms with Crippen molar-refractivity contribution in [2.24, 2.45) is 11.8 Å². The van der Waals surface area contributed by atoms with Gasteiger partial charge in [-0.1, -0.05) is 0 Å². The van der Waals surface area contributed by atoms with Crippen molar-refractivity contribution in [2.45, 2.75) is 25.7 Å². The maximum Gasteiger partial charge on any atom is 0.00187 e. The molecular formula is C14H29N3. The maximum atomic E-state index is 3.51. The Morgan fingerprint density at radius 1 is 1.29 bits per heavy atom. The predicted molar refractivity (Wildman–Crippen MR) is 73.3 cm³/mol. The van der Waals surface area contributed by atoms with E-state index < -0.39 is 0 Å². The van der Waals surface area contributed by atoms with Crippen molar-refractivity contribution < 1.29 is 0 Å². The standard InChI is InChI=1S/C14H29N3/c1-16-8-5-13(11-16)6-9-17(2)12-14-4-3-7-15-10-14/h13-15H,3-12H2,1-2H3. The number of nitrogens with one attached hydrogen (secondary N) is 1. The molecule has 2 atom stereocenters. The molecule has 2 heterocycles. The minimum atomic E-state index is 0.889. The highest BCUT2D eigenvalue weighted by molar-refractivity contribution is 4.75. The van der Waals surface area contributed by atoms with Crippen LogP contribution in [0.1, 0.15) is 25.7 Å². The molecule has 0 aromatic carbocycles. The molecule has 2 rings (SSSR count). The minimum Gasteiger partial charge on any atom is -0.316 e. The van der Waals surface area contributed by atoms with E-state index in [1.807, 2.05) is 0 Å². The van der Waals surface area contributed by atoms with Gasteiger partial charge in [-0.2, -0.15) is 0 Å². The molecule has 0 aromatic rings. The molecule has 0 radical (unpaired) electrons. The Balaban J connectivity index is 1.58. The van der Waals surface area contributed by atoms with Gasteiger partial charge in [0.1, 0.15) is 0 Å². The minimum absolute atomic E-state index is 0.889. The van der Waals surface area contributed by atoms with Gasteiger partial charge in [0.05, 0.1) is 0 Å². The van der Waals surface area contributed by atoms with Crippen LogP contribution in [0.4, 0.5) is 0 Å². The molecule has 3 nitrogen and oxygen atoms in total. The summed E-state index contributed by atoms with van der Waals surface area (Å²) in [4.78, 5) is 5.02. The summed E-state index contributed by atoms with van der Waals surface area (Å²) >= 11 is 0. The smallest absolute Gasteiger partial charge is 0.00187 e. The number of piperidine rings is 1. The van der Waals surface area contributed by atoms with E-state index in [9.17, 15) is 0 Å². The second kappa shape index (κ2) is 6.72. The lowest BCUT2D eigenvalue weighted by molar-refractivity contribution is 0.230. The van der Waals surface area contributed by atoms with Crippen molar-refractivity contribution in [1.82, 2.24) is 15.1 Å². The van der Waals surface area contributed by atoms with Crippen LogP contribution in [-0.4, -0.2) is 63.2 Å². The quantitative estimate of drug-likeness (QED) is 0.779. The van der Waals surface area contributed by atoms with Gasteiger partial charge in [0.25, 0.3) is 0 Å². The van der Waals surface area contributed by atoms with Crippen LogP contribution in [0.3, 0.4) is 0 Å². The molecule has 2 unspecified atom stereocenters. The monoisotopic (exact) mass is 239 g/mol. The summed E-state index contributed by atoms with van der Waals surface area (Å²) in [6, 6.07) is 0. The molecule has 2 saturated heterocycles. The average Bonchev–Trinajstić information content (AvgIpc) is 2.74. The summed E-state index contributed by atoms with van der Waals surface area (Å²) in [6.07, 6.45) is 5.59. The first-order valence-electron chi connectivity index (χ1n) is 7.32. The van der Waals surface area contributed by atoms with E-state index in [0.29, 0.717) is 0 Å². The first-order valence-corrected chi connectivity index (χ1v) is 7.32. The zero-order chi connectivity index (χ0) is 12.1. The number of likely N-dealkylation sites (tertiary alicyclic amines) is 1. The van der Waals surface area contributed by atoms with Gasteiger partial charge in [0, 0.05) is 13.1 Å². The molecule has 3 heteroatoms. The molecular weight excluding hydrogens is 210 g/mol. The molecule has 2 aliphatic heterocycles. The van der Waals surface area contributed by atoms with E-state index in [2.05, 4.69) is 29.2 Å². The van der Waals surface area contributed by atoms with E-state index in [-0.39, 0.29) is 0 Å². The number of nitrogens with zero attached hydrogens (tertiary/aromatic N) is 2. The zero-order valence-electron chi connectivity index (χ0n) is 11.6. The van der Waals surface area contributed by atoms with Crippen LogP contribution in [-0.2, 0) is 0 Å². The van der Waals surface area contributed by atoms with Gasteiger partial charge in [-0.3, -0.25) is 0 Å². The van der Waals surface area contributed by atoms with Gasteiger partial charge >= 0.3 is 0 Å². The fraction of sp³-hybridized carbons (Fsp3) is 1.00. The largest absolute Gasteiger partial charge is 0.316 e. The summed E-state index contributed by atoms with van der Waals surface area (Å²) < 4.78 is 0. The lowest BCUT2D eigenvalue weighted by atomic mass is 9.98. The average molecular weight is 239 g/mol. The molecule has 2 aliphatic rings. The Morgan fingerprint density at radius 2 is 2.18 bits per heavy atom. The molecule has 0 spiro atoms. The lowest BCUT2D eigenvalue weighted by Gasteiger charge is -2.28. The van der Waals surface area contributed by atoms with Crippen LogP contribution in [0.2, 0.25) is 0 Å². The Morgan fingerprint density at radius 3 is 2.82 bits per heavy atom. The van der Waals surface area contributed by atoms with Crippen molar-refractivity contribution in [3.8, 4) is 0 Å². The fourth-order valence-electron chi connectivity index (χ4n) is 3.28. The van der Waals surface area contributed by atoms with Crippen LogP contribution < -0.4 is 5.32 Å². The second-order valence-electron chi connectivity index (χ2n) is 6.18. The summed E-state index contributed by atoms with van der Waals surface area (Å²) in [7, 11) is 4.55. The summed E-state index contributed by atoms with van der Waals surface area (Å²) in [5.74, 6) is 1.84. The van der Waals surface area contributed by atoms with Crippen molar-refractivity contribution in [1.29, 1.82) is 0 Å². The summed E-state index contributed by atoms with van der Waals surface area (Å²) in [5.41, 5.74) is 0. The van der Waals surface area contributed by atoms with Gasteiger partial charge in [0.15, 0.2) is 0 Å². The van der Waals surface area contributed by atoms with E-state index in [0.717, 1.165) is 11.8 Å². The highest BCUT2D eigenvalue weighted by Gasteiger charge is 2.20. The molecule has 0 aromatic heterocycles. The third kappa shape index (κ3) is 4.57. The van der Waals surface area contributed by atoms with E-state index in [1.165, 1.54) is 65.0 Å². The molecule has 2 fully saturated rings. The number of hydrogen-bond donors (Lipinski definition) is 1. The van der Waals surface area contributed by atoms with Crippen LogP contribution in [0.5, 0.6) is 0 Å². The van der Waals surface area contributed by atoms with Crippen molar-refractivity contribution >= 4 is 0 Å². The number of hydrogen-bond acceptors (Lipinski definition) is 3. The van der Waals surface area contributed by atoms with Crippen LogP contribution >= 0.6 is 0 Å². The lowest BCUT2D eigenvalue weighted by Crippen LogP contribution is -2.37. The SMILES string of the molecule is CN1CCC(CCN(C)CC2CCCNC2)C1.